The molecular formula is C72H88N24O37P7S7-7. The number of anilines is 4. The molecule has 7 fully saturated rings. The van der Waals surface area contributed by atoms with Crippen molar-refractivity contribution in [1.82, 2.24) is 96.8 Å². The lowest BCUT2D eigenvalue weighted by Crippen LogP contribution is -2.34. The van der Waals surface area contributed by atoms with E-state index in [2.05, 4.69) is 64.8 Å². The number of nitrogens with one attached hydrogen (secondary N) is 5. The Labute approximate surface area is 859 Å². The normalized spacial score (nSPS) is 29.4. The summed E-state index contributed by atoms with van der Waals surface area (Å²) in [7, 11) is 1.03. The minimum absolute atomic E-state index is 0.0103. The Kier molecular flexibility index (Phi) is 33.4. The van der Waals surface area contributed by atoms with Gasteiger partial charge < -0.3 is 161 Å². The summed E-state index contributed by atoms with van der Waals surface area (Å²) in [6, 6.07) is 0. The second-order valence-corrected chi connectivity index (χ2v) is 53.2. The summed E-state index contributed by atoms with van der Waals surface area (Å²) in [6.45, 7) is -31.8. The van der Waals surface area contributed by atoms with Crippen LogP contribution in [-0.4, -0.2) is 229 Å². The lowest BCUT2D eigenvalue weighted by Gasteiger charge is -2.36. The lowest BCUT2D eigenvalue weighted by molar-refractivity contribution is -0.221. The zero-order valence-electron chi connectivity index (χ0n) is 76.8. The summed E-state index contributed by atoms with van der Waals surface area (Å²) in [5.74, 6) is -0.669. The summed E-state index contributed by atoms with van der Waals surface area (Å²) < 4.78 is 148. The minimum Gasteiger partial charge on any atom is -0.780 e. The van der Waals surface area contributed by atoms with Gasteiger partial charge in [0.15, 0.2) is 40.6 Å². The van der Waals surface area contributed by atoms with E-state index in [9.17, 15) is 77.1 Å². The average molecular weight is 2320 g/mol. The number of imidazole rings is 3. The molecule has 14 unspecified atom stereocenters. The van der Waals surface area contributed by atoms with Crippen LogP contribution in [0.15, 0.2) is 93.2 Å². The van der Waals surface area contributed by atoms with Crippen molar-refractivity contribution >= 4 is 187 Å². The number of aromatic amines is 5. The highest BCUT2D eigenvalue weighted by molar-refractivity contribution is 8.32. The third-order valence-electron chi connectivity index (χ3n) is 24.2. The maximum Gasteiger partial charge on any atom is 0.351 e. The van der Waals surface area contributed by atoms with E-state index < -0.39 is 286 Å². The lowest BCUT2D eigenvalue weighted by atomic mass is 10.1. The quantitative estimate of drug-likeness (QED) is 0.0133. The van der Waals surface area contributed by atoms with Crippen molar-refractivity contribution in [3.05, 3.63) is 166 Å². The summed E-state index contributed by atoms with van der Waals surface area (Å²) in [4.78, 5) is 249. The SMILES string of the molecule is CC[C@H]1O[C@@H](n2cnc3c(N)ncnc32)CC1OP([O-])(=S)OC[C@H]1O[C@@H](n2cc(C)c(=O)[nH]c2=O)CC1OP(=O)([S-])OC[C@H]1O[C@@H](n2cc(C)c(N)nc2=O)CC1OP([O-])(=S)OC[C@H]1O[C@@H](n2cc(C)c(=O)[nH]c2=O)CC1OP([O-])(=S)OC[C@H]1O[C@@H](n2cc(C)c(=O)[nH]c2=O)CC1OP([O-])(=S)OC[C@H]1O[C@@H](n2cnc3c(=O)[nH]c(N)nc32)CC1OP([O-])(=S)OC[C@H]1O[C@@H](n2cnc3c(=O)[nH]c(N)nc32)CC1OP([O-])(=S)OC. The number of ether oxygens (including phenoxy) is 7. The molecule has 75 heteroatoms. The number of aryl methyl sites for hydroxylation is 4. The van der Waals surface area contributed by atoms with Crippen LogP contribution in [0.5, 0.6) is 0 Å². The molecule has 0 bridgehead atoms. The van der Waals surface area contributed by atoms with Gasteiger partial charge in [-0.2, -0.15) is 15.0 Å². The van der Waals surface area contributed by atoms with Gasteiger partial charge in [-0.1, -0.05) is 77.8 Å². The molecule has 10 aromatic heterocycles. The second-order valence-electron chi connectivity index (χ2n) is 34.1. The number of fused-ring (bicyclic) bond motifs is 3. The number of nitrogens with two attached hydrogens (primary N) is 4. The van der Waals surface area contributed by atoms with Gasteiger partial charge in [-0.15, -0.1) is 0 Å². The molecule has 0 spiro atoms. The Hall–Kier alpha value is -7.23. The molecule has 10 aromatic rings. The van der Waals surface area contributed by atoms with Gasteiger partial charge in [0.25, 0.3) is 27.8 Å². The fourth-order valence-electron chi connectivity index (χ4n) is 17.1. The fourth-order valence-corrected chi connectivity index (χ4v) is 26.8. The number of nitrogen functional groups attached to an aromatic ring is 4. The number of rotatable bonds is 41. The molecule has 7 saturated heterocycles. The number of nitrogens with zero attached hydrogens (tertiary/aromatic N) is 15. The Morgan fingerprint density at radius 2 is 0.646 bits per heavy atom. The molecule has 147 heavy (non-hydrogen) atoms. The first-order valence-corrected chi connectivity index (χ1v) is 61.8. The molecular weight excluding hydrogens is 2230 g/mol. The number of H-pyrrole nitrogens is 5. The predicted octanol–water partition coefficient (Wildman–Crippen LogP) is -3.41. The van der Waals surface area contributed by atoms with E-state index >= 15 is 0 Å². The number of hydrogen-bond donors (Lipinski definition) is 9. The van der Waals surface area contributed by atoms with Gasteiger partial charge in [-0.05, 0) is 34.1 Å². The Morgan fingerprint density at radius 3 is 0.986 bits per heavy atom. The zero-order valence-corrected chi connectivity index (χ0v) is 88.7. The number of aromatic nitrogens is 20. The van der Waals surface area contributed by atoms with Crippen LogP contribution in [0.2, 0.25) is 0 Å². The molecule has 7 aliphatic rings. The summed E-state index contributed by atoms with van der Waals surface area (Å²) in [5, 5.41) is 0. The first-order chi connectivity index (χ1) is 69.2. The minimum atomic E-state index is -5.10. The highest BCUT2D eigenvalue weighted by atomic mass is 32.7. The molecule has 7 aliphatic heterocycles. The fraction of sp³-hybridized carbons (Fsp3) is 0.569. The first-order valence-electron chi connectivity index (χ1n) is 43.9. The highest BCUT2D eigenvalue weighted by Crippen LogP contribution is 2.57. The number of hydrogen-bond acceptors (Lipinski definition) is 56. The van der Waals surface area contributed by atoms with Gasteiger partial charge in [0, 0.05) is 99.1 Å². The summed E-state index contributed by atoms with van der Waals surface area (Å²) in [5.41, 5.74) is 16.5. The van der Waals surface area contributed by atoms with Crippen LogP contribution in [0.4, 0.5) is 23.5 Å². The van der Waals surface area contributed by atoms with Crippen LogP contribution in [0, 0.1) is 27.7 Å². The van der Waals surface area contributed by atoms with E-state index in [-0.39, 0.29) is 93.8 Å². The third kappa shape index (κ3) is 25.7. The van der Waals surface area contributed by atoms with E-state index in [0.29, 0.717) is 17.6 Å². The third-order valence-corrected chi connectivity index (χ3v) is 35.3. The second kappa shape index (κ2) is 44.3. The zero-order chi connectivity index (χ0) is 106. The predicted molar refractivity (Wildman–Crippen MR) is 518 cm³/mol. The molecule has 17 heterocycles. The first kappa shape index (κ1) is 111. The Balaban J connectivity index is 0.579. The Bertz CT molecular complexity index is 7670. The molecule has 28 atom stereocenters. The van der Waals surface area contributed by atoms with Crippen molar-refractivity contribution in [3.63, 3.8) is 0 Å². The highest BCUT2D eigenvalue weighted by Gasteiger charge is 2.50. The molecule has 61 nitrogen and oxygen atoms in total. The molecule has 0 aliphatic carbocycles. The van der Waals surface area contributed by atoms with E-state index in [4.69, 9.17) is 203 Å². The molecule has 802 valence electrons. The van der Waals surface area contributed by atoms with Crippen LogP contribution < -0.4 is 103 Å². The topological polar surface area (TPSA) is 824 Å². The van der Waals surface area contributed by atoms with Crippen molar-refractivity contribution in [2.75, 3.05) is 69.7 Å². The van der Waals surface area contributed by atoms with Crippen LogP contribution in [0.1, 0.15) is 124 Å². The van der Waals surface area contributed by atoms with Crippen LogP contribution in [0.25, 0.3) is 33.5 Å². The van der Waals surface area contributed by atoms with Crippen LogP contribution >= 0.6 is 47.1 Å². The molecule has 0 amide bonds. The van der Waals surface area contributed by atoms with Gasteiger partial charge in [0.1, 0.15) is 138 Å². The summed E-state index contributed by atoms with van der Waals surface area (Å²) >= 11 is 37.9. The van der Waals surface area contributed by atoms with Gasteiger partial charge in [0.05, 0.1) is 107 Å². The van der Waals surface area contributed by atoms with Crippen molar-refractivity contribution in [3.8, 4) is 0 Å². The van der Waals surface area contributed by atoms with E-state index in [1.807, 2.05) is 0 Å². The van der Waals surface area contributed by atoms with Gasteiger partial charge in [-0.3, -0.25) is 85.4 Å². The van der Waals surface area contributed by atoms with Crippen LogP contribution in [0.3, 0.4) is 0 Å². The van der Waals surface area contributed by atoms with Crippen molar-refractivity contribution in [2.45, 2.75) is 215 Å². The molecule has 0 radical (unpaired) electrons. The van der Waals surface area contributed by atoms with Gasteiger partial charge in [-0.25, -0.2) is 44.1 Å². The summed E-state index contributed by atoms with van der Waals surface area (Å²) in [6.07, 6.45) is -21.4. The van der Waals surface area contributed by atoms with Crippen molar-refractivity contribution in [2.24, 2.45) is 0 Å². The Morgan fingerprint density at radius 1 is 0.361 bits per heavy atom. The molecule has 13 N–H and O–H groups in total. The van der Waals surface area contributed by atoms with Crippen molar-refractivity contribution in [1.29, 1.82) is 0 Å². The van der Waals surface area contributed by atoms with E-state index in [1.54, 1.807) is 11.5 Å². The monoisotopic (exact) mass is 2320 g/mol. The maximum absolute atomic E-state index is 15.0. The maximum atomic E-state index is 15.0. The average Bonchev–Trinajstić information content (AvgIpc) is 1.62. The van der Waals surface area contributed by atoms with Gasteiger partial charge in [0.2, 0.25) is 11.9 Å². The molecule has 0 aromatic carbocycles. The smallest absolute Gasteiger partial charge is 0.351 e. The molecule has 17 rings (SSSR count). The van der Waals surface area contributed by atoms with E-state index in [1.165, 1.54) is 68.2 Å². The molecule has 0 saturated carbocycles. The van der Waals surface area contributed by atoms with Crippen molar-refractivity contribution < 1.29 is 130 Å². The largest absolute Gasteiger partial charge is 0.780 e. The van der Waals surface area contributed by atoms with Crippen LogP contribution in [-0.2, 0) is 184 Å². The van der Waals surface area contributed by atoms with E-state index in [0.717, 1.165) is 44.1 Å². The van der Waals surface area contributed by atoms with Gasteiger partial charge >= 0.3 is 22.8 Å². The standard InChI is InChI=1S/C72H95N24O37P7S7/c1-7-33-34(8-51(120-33)94-26-79-54-58(74)77-25-78-59(54)94)128-135(107,142)114-20-43-37(10-48(122-43)91-16-30(3)62(97)87-70(91)103)130-137(109,144)116-21-42-36(9-47(121-42)90-15-29(2)57(73)82-69(90)102)129-136(108,143)117-22-44-38(11-49(123-44)92-17-31(4)63(98)88-71(92)104)131-138(110,145)118-23-45-39(12-50(124-45)93-18-32(5)64(99)89-72(93)105)132-139(111,146)119-24-46-40(14-53(126-46)96-28-81-56-61(96)84-68(76)86-66(56)101)133-140(112,147)115-19-41-35(127-134(106,141)113-6)13-52(125-41)95-27-80-55-60(95)83-67(75)85-65(55)100/h15-18,25-28,33-53H,7-14,19-24H2,1-6H3,(H,106,141)(H,107,142)(H,108,143)(H,109,144)(H,110,145)(H,111,146)(H,112,147)(H2,73,82,102)(H2,74,77,78)(H,87,97,103)(H,88,98,104)(H,89,99,105)(H3,75,83,85,100)(H3,76,84,86,101)/p-7/t33-,34?,35?,36?,37?,38?,39?,40?,41-,42-,43-,44-,45-,46-,47-,48-,49-,50-,51-,52-,53-,134?,135?,136?,137?,138?,139?,140?/m1/s1.